The average Bonchev–Trinajstić information content (AvgIpc) is 2.78. The van der Waals surface area contributed by atoms with Gasteiger partial charge in [-0.2, -0.15) is 0 Å². The lowest BCUT2D eigenvalue weighted by atomic mass is 10.1. The molecule has 0 bridgehead atoms. The molecule has 0 fully saturated rings. The van der Waals surface area contributed by atoms with Crippen molar-refractivity contribution in [1.82, 2.24) is 5.16 Å². The zero-order chi connectivity index (χ0) is 12.3. The molecule has 0 radical (unpaired) electrons. The Morgan fingerprint density at radius 1 is 1.35 bits per heavy atom. The van der Waals surface area contributed by atoms with Crippen LogP contribution in [0.25, 0.3) is 0 Å². The molecule has 4 nitrogen and oxygen atoms in total. The van der Waals surface area contributed by atoms with Crippen LogP contribution in [0.4, 0.5) is 4.39 Å². The van der Waals surface area contributed by atoms with Gasteiger partial charge in [0.2, 0.25) is 5.78 Å². The van der Waals surface area contributed by atoms with E-state index < -0.39 is 5.82 Å². The molecule has 0 atom stereocenters. The number of carbonyl (C=O) groups excluding carboxylic acids is 1. The number of ketones is 1. The summed E-state index contributed by atoms with van der Waals surface area (Å²) in [6.45, 7) is -0.0701. The summed E-state index contributed by atoms with van der Waals surface area (Å²) >= 11 is 0. The molecule has 2 rings (SSSR count). The summed E-state index contributed by atoms with van der Waals surface area (Å²) in [6, 6.07) is 6.67. The molecule has 0 saturated heterocycles. The van der Waals surface area contributed by atoms with E-state index in [1.165, 1.54) is 30.3 Å². The van der Waals surface area contributed by atoms with E-state index in [1.54, 1.807) is 0 Å². The second-order valence-electron chi connectivity index (χ2n) is 3.49. The predicted molar refractivity (Wildman–Crippen MR) is 57.1 cm³/mol. The highest BCUT2D eigenvalue weighted by Crippen LogP contribution is 2.11. The van der Waals surface area contributed by atoms with Gasteiger partial charge in [0.05, 0.1) is 6.61 Å². The molecule has 0 spiro atoms. The first-order valence-corrected chi connectivity index (χ1v) is 5.07. The number of aliphatic hydroxyl groups is 1. The molecule has 0 saturated carbocycles. The van der Waals surface area contributed by atoms with Crippen LogP contribution in [0.1, 0.15) is 21.8 Å². The normalized spacial score (nSPS) is 10.5. The van der Waals surface area contributed by atoms with E-state index >= 15 is 0 Å². The zero-order valence-electron chi connectivity index (χ0n) is 8.89. The van der Waals surface area contributed by atoms with Gasteiger partial charge in [-0.05, 0) is 24.3 Å². The Labute approximate surface area is 96.7 Å². The second-order valence-corrected chi connectivity index (χ2v) is 3.49. The van der Waals surface area contributed by atoms with Crippen molar-refractivity contribution in [2.24, 2.45) is 0 Å². The Bertz CT molecular complexity index is 519. The fourth-order valence-corrected chi connectivity index (χ4v) is 1.40. The fraction of sp³-hybridized carbons (Fsp3) is 0.167. The van der Waals surface area contributed by atoms with E-state index in [9.17, 15) is 9.18 Å². The number of rotatable bonds is 4. The van der Waals surface area contributed by atoms with Crippen molar-refractivity contribution >= 4 is 5.78 Å². The van der Waals surface area contributed by atoms with Gasteiger partial charge in [-0.25, -0.2) is 4.39 Å². The summed E-state index contributed by atoms with van der Waals surface area (Å²) in [7, 11) is 0. The van der Waals surface area contributed by atoms with Crippen molar-refractivity contribution in [2.45, 2.75) is 6.42 Å². The van der Waals surface area contributed by atoms with Crippen molar-refractivity contribution in [1.29, 1.82) is 0 Å². The van der Waals surface area contributed by atoms with Crippen LogP contribution in [-0.4, -0.2) is 22.7 Å². The van der Waals surface area contributed by atoms with E-state index in [2.05, 4.69) is 5.16 Å². The van der Waals surface area contributed by atoms with E-state index in [-0.39, 0.29) is 18.1 Å². The molecular weight excluding hydrogens is 225 g/mol. The molecule has 17 heavy (non-hydrogen) atoms. The molecule has 1 N–H and O–H groups in total. The minimum Gasteiger partial charge on any atom is -0.396 e. The lowest BCUT2D eigenvalue weighted by Crippen LogP contribution is -2.01. The molecule has 1 aromatic carbocycles. The summed E-state index contributed by atoms with van der Waals surface area (Å²) in [6.07, 6.45) is 0.309. The van der Waals surface area contributed by atoms with Crippen LogP contribution in [0.3, 0.4) is 0 Å². The van der Waals surface area contributed by atoms with Crippen LogP contribution >= 0.6 is 0 Å². The van der Waals surface area contributed by atoms with E-state index in [4.69, 9.17) is 9.63 Å². The second kappa shape index (κ2) is 4.88. The molecule has 0 amide bonds. The van der Waals surface area contributed by atoms with Gasteiger partial charge in [0, 0.05) is 18.1 Å². The monoisotopic (exact) mass is 235 g/mol. The van der Waals surface area contributed by atoms with Crippen LogP contribution in [0.5, 0.6) is 0 Å². The van der Waals surface area contributed by atoms with E-state index in [0.29, 0.717) is 17.7 Å². The summed E-state index contributed by atoms with van der Waals surface area (Å²) in [5, 5.41) is 12.3. The first kappa shape index (κ1) is 11.5. The topological polar surface area (TPSA) is 63.3 Å². The first-order valence-electron chi connectivity index (χ1n) is 5.07. The van der Waals surface area contributed by atoms with Gasteiger partial charge in [-0.3, -0.25) is 4.79 Å². The van der Waals surface area contributed by atoms with Crippen LogP contribution in [-0.2, 0) is 6.42 Å². The van der Waals surface area contributed by atoms with E-state index in [1.807, 2.05) is 0 Å². The Kier molecular flexibility index (Phi) is 3.30. The number of aromatic nitrogens is 1. The van der Waals surface area contributed by atoms with Crippen LogP contribution in [0.2, 0.25) is 0 Å². The molecule has 1 aromatic heterocycles. The molecule has 1 heterocycles. The molecule has 0 unspecified atom stereocenters. The Morgan fingerprint density at radius 2 is 2.06 bits per heavy atom. The third-order valence-corrected chi connectivity index (χ3v) is 2.26. The lowest BCUT2D eigenvalue weighted by molar-refractivity contribution is 0.103. The highest BCUT2D eigenvalue weighted by Gasteiger charge is 2.14. The maximum absolute atomic E-state index is 12.7. The van der Waals surface area contributed by atoms with Gasteiger partial charge in [0.25, 0.3) is 0 Å². The SMILES string of the molecule is O=C(c1ccc(F)cc1)c1cc(CCO)on1. The van der Waals surface area contributed by atoms with Crippen molar-refractivity contribution in [3.63, 3.8) is 0 Å². The Balaban J connectivity index is 2.21. The molecule has 5 heteroatoms. The zero-order valence-corrected chi connectivity index (χ0v) is 8.89. The first-order chi connectivity index (χ1) is 8.20. The van der Waals surface area contributed by atoms with Crippen molar-refractivity contribution in [2.75, 3.05) is 6.61 Å². The highest BCUT2D eigenvalue weighted by molar-refractivity contribution is 6.07. The third kappa shape index (κ3) is 2.57. The molecule has 0 aliphatic heterocycles. The molecule has 0 aliphatic rings. The lowest BCUT2D eigenvalue weighted by Gasteiger charge is -1.95. The van der Waals surface area contributed by atoms with Gasteiger partial charge in [-0.1, -0.05) is 5.16 Å². The van der Waals surface area contributed by atoms with Crippen LogP contribution in [0.15, 0.2) is 34.9 Å². The summed E-state index contributed by atoms with van der Waals surface area (Å²) in [4.78, 5) is 11.9. The summed E-state index contributed by atoms with van der Waals surface area (Å²) < 4.78 is 17.6. The van der Waals surface area contributed by atoms with Gasteiger partial charge in [-0.15, -0.1) is 0 Å². The molecular formula is C12H10FNO3. The summed E-state index contributed by atoms with van der Waals surface area (Å²) in [5.41, 5.74) is 0.496. The summed E-state index contributed by atoms with van der Waals surface area (Å²) in [5.74, 6) is -0.293. The maximum Gasteiger partial charge on any atom is 0.214 e. The highest BCUT2D eigenvalue weighted by atomic mass is 19.1. The maximum atomic E-state index is 12.7. The van der Waals surface area contributed by atoms with Crippen molar-refractivity contribution < 1.29 is 18.8 Å². The van der Waals surface area contributed by atoms with Crippen LogP contribution < -0.4 is 0 Å². The number of nitrogens with zero attached hydrogens (tertiary/aromatic N) is 1. The minimum atomic E-state index is -0.400. The van der Waals surface area contributed by atoms with Crippen molar-refractivity contribution in [3.8, 4) is 0 Å². The molecule has 88 valence electrons. The smallest absolute Gasteiger partial charge is 0.214 e. The molecule has 2 aromatic rings. The predicted octanol–water partition coefficient (Wildman–Crippen LogP) is 1.58. The van der Waals surface area contributed by atoms with E-state index in [0.717, 1.165) is 0 Å². The standard InChI is InChI=1S/C12H10FNO3/c13-9-3-1-8(2-4-9)12(16)11-7-10(5-6-15)17-14-11/h1-4,7,15H,5-6H2. The number of carbonyl (C=O) groups is 1. The minimum absolute atomic E-state index is 0.0701. The van der Waals surface area contributed by atoms with Crippen LogP contribution in [0, 0.1) is 5.82 Å². The number of hydrogen-bond donors (Lipinski definition) is 1. The number of hydrogen-bond acceptors (Lipinski definition) is 4. The quantitative estimate of drug-likeness (QED) is 0.817. The number of aliphatic hydroxyl groups excluding tert-OH is 1. The van der Waals surface area contributed by atoms with Crippen molar-refractivity contribution in [3.05, 3.63) is 53.2 Å². The van der Waals surface area contributed by atoms with Gasteiger partial charge in [0.1, 0.15) is 11.6 Å². The number of halogens is 1. The largest absolute Gasteiger partial charge is 0.396 e. The van der Waals surface area contributed by atoms with Gasteiger partial charge < -0.3 is 9.63 Å². The number of benzene rings is 1. The van der Waals surface area contributed by atoms with Gasteiger partial charge in [0.15, 0.2) is 5.69 Å². The Hall–Kier alpha value is -2.01. The van der Waals surface area contributed by atoms with Gasteiger partial charge >= 0.3 is 0 Å². The third-order valence-electron chi connectivity index (χ3n) is 2.26. The average molecular weight is 235 g/mol. The fourth-order valence-electron chi connectivity index (χ4n) is 1.40. The Morgan fingerprint density at radius 3 is 2.71 bits per heavy atom. The molecule has 0 aliphatic carbocycles.